The lowest BCUT2D eigenvalue weighted by Crippen LogP contribution is -2.14. The van der Waals surface area contributed by atoms with Gasteiger partial charge in [-0.25, -0.2) is 13.6 Å². The molecule has 0 fully saturated rings. The first kappa shape index (κ1) is 13.3. The van der Waals surface area contributed by atoms with Crippen molar-refractivity contribution in [1.29, 1.82) is 0 Å². The van der Waals surface area contributed by atoms with E-state index in [0.29, 0.717) is 6.54 Å². The van der Waals surface area contributed by atoms with Crippen molar-refractivity contribution < 1.29 is 8.42 Å². The highest BCUT2D eigenvalue weighted by atomic mass is 32.2. The standard InChI is InChI=1S/C12H14N4O2S/c13-11-7-10(1-2-12(11)19(14,17)18)16-8-9-3-5-15-6-4-9/h1-7,16H,8,13H2,(H2,14,17,18). The number of hydrogen-bond donors (Lipinski definition) is 3. The third-order valence-electron chi connectivity index (χ3n) is 2.56. The van der Waals surface area contributed by atoms with Crippen LogP contribution in [0.15, 0.2) is 47.6 Å². The Morgan fingerprint density at radius 3 is 2.42 bits per heavy atom. The van der Waals surface area contributed by atoms with Crippen molar-refractivity contribution in [3.63, 3.8) is 0 Å². The van der Waals surface area contributed by atoms with Gasteiger partial charge in [0.2, 0.25) is 10.0 Å². The van der Waals surface area contributed by atoms with Crippen molar-refractivity contribution in [2.24, 2.45) is 5.14 Å². The van der Waals surface area contributed by atoms with Crippen LogP contribution in [0.1, 0.15) is 5.56 Å². The number of rotatable bonds is 4. The van der Waals surface area contributed by atoms with Gasteiger partial charge in [0.05, 0.1) is 5.69 Å². The molecule has 2 rings (SSSR count). The number of nitrogens with one attached hydrogen (secondary N) is 1. The molecule has 0 aliphatic heterocycles. The number of nitrogens with two attached hydrogens (primary N) is 2. The Bertz CT molecular complexity index is 671. The molecule has 0 saturated heterocycles. The van der Waals surface area contributed by atoms with E-state index in [9.17, 15) is 8.42 Å². The van der Waals surface area contributed by atoms with E-state index in [2.05, 4.69) is 10.3 Å². The average molecular weight is 278 g/mol. The first-order valence-corrected chi connectivity index (χ1v) is 7.06. The van der Waals surface area contributed by atoms with Crippen LogP contribution in [0, 0.1) is 0 Å². The van der Waals surface area contributed by atoms with Gasteiger partial charge in [-0.1, -0.05) is 0 Å². The van der Waals surface area contributed by atoms with Crippen molar-refractivity contribution in [2.45, 2.75) is 11.4 Å². The van der Waals surface area contributed by atoms with Gasteiger partial charge in [0.1, 0.15) is 4.90 Å². The number of aromatic nitrogens is 1. The molecule has 7 heteroatoms. The molecule has 0 spiro atoms. The molecule has 0 aliphatic rings. The summed E-state index contributed by atoms with van der Waals surface area (Å²) >= 11 is 0. The fourth-order valence-corrected chi connectivity index (χ4v) is 2.27. The van der Waals surface area contributed by atoms with Crippen LogP contribution < -0.4 is 16.2 Å². The predicted octanol–water partition coefficient (Wildman–Crippen LogP) is 0.923. The minimum Gasteiger partial charge on any atom is -0.398 e. The smallest absolute Gasteiger partial charge is 0.240 e. The van der Waals surface area contributed by atoms with Crippen molar-refractivity contribution in [2.75, 3.05) is 11.1 Å². The van der Waals surface area contributed by atoms with Crippen LogP contribution in [-0.4, -0.2) is 13.4 Å². The molecule has 1 heterocycles. The Labute approximate surface area is 111 Å². The van der Waals surface area contributed by atoms with Crippen molar-refractivity contribution in [3.8, 4) is 0 Å². The van der Waals surface area contributed by atoms with Crippen LogP contribution >= 0.6 is 0 Å². The highest BCUT2D eigenvalue weighted by molar-refractivity contribution is 7.89. The lowest BCUT2D eigenvalue weighted by molar-refractivity contribution is 0.598. The third kappa shape index (κ3) is 3.43. The lowest BCUT2D eigenvalue weighted by Gasteiger charge is -2.09. The summed E-state index contributed by atoms with van der Waals surface area (Å²) < 4.78 is 22.4. The molecule has 6 nitrogen and oxygen atoms in total. The second kappa shape index (κ2) is 5.25. The highest BCUT2D eigenvalue weighted by Crippen LogP contribution is 2.21. The number of nitrogen functional groups attached to an aromatic ring is 1. The number of hydrogen-bond acceptors (Lipinski definition) is 5. The number of sulfonamides is 1. The monoisotopic (exact) mass is 278 g/mol. The van der Waals surface area contributed by atoms with Crippen molar-refractivity contribution in [1.82, 2.24) is 4.98 Å². The number of anilines is 2. The van der Waals surface area contributed by atoms with Gasteiger partial charge in [0.25, 0.3) is 0 Å². The van der Waals surface area contributed by atoms with E-state index in [4.69, 9.17) is 10.9 Å². The Morgan fingerprint density at radius 2 is 1.84 bits per heavy atom. The maximum absolute atomic E-state index is 11.2. The maximum atomic E-state index is 11.2. The third-order valence-corrected chi connectivity index (χ3v) is 3.55. The molecule has 0 radical (unpaired) electrons. The number of primary sulfonamides is 1. The van der Waals surface area contributed by atoms with E-state index in [1.165, 1.54) is 6.07 Å². The molecule has 100 valence electrons. The Kier molecular flexibility index (Phi) is 3.68. The van der Waals surface area contributed by atoms with E-state index < -0.39 is 10.0 Å². The van der Waals surface area contributed by atoms with Crippen molar-refractivity contribution >= 4 is 21.4 Å². The zero-order chi connectivity index (χ0) is 13.9. The molecule has 0 unspecified atom stereocenters. The molecule has 5 N–H and O–H groups in total. The van der Waals surface area contributed by atoms with Gasteiger partial charge in [0.15, 0.2) is 0 Å². The molecule has 0 amide bonds. The average Bonchev–Trinajstić information content (AvgIpc) is 2.36. The van der Waals surface area contributed by atoms with Gasteiger partial charge in [-0.15, -0.1) is 0 Å². The maximum Gasteiger partial charge on any atom is 0.240 e. The Morgan fingerprint density at radius 1 is 1.16 bits per heavy atom. The molecule has 0 saturated carbocycles. The van der Waals surface area contributed by atoms with E-state index in [1.807, 2.05) is 12.1 Å². The van der Waals surface area contributed by atoms with Gasteiger partial charge in [-0.3, -0.25) is 4.98 Å². The second-order valence-electron chi connectivity index (χ2n) is 4.01. The molecule has 0 bridgehead atoms. The number of benzene rings is 1. The highest BCUT2D eigenvalue weighted by Gasteiger charge is 2.12. The largest absolute Gasteiger partial charge is 0.398 e. The molecule has 1 aromatic carbocycles. The van der Waals surface area contributed by atoms with Crippen LogP contribution in [0.5, 0.6) is 0 Å². The van der Waals surface area contributed by atoms with Crippen LogP contribution in [0.4, 0.5) is 11.4 Å². The summed E-state index contributed by atoms with van der Waals surface area (Å²) in [5.41, 5.74) is 7.58. The lowest BCUT2D eigenvalue weighted by atomic mass is 10.2. The topological polar surface area (TPSA) is 111 Å². The van der Waals surface area contributed by atoms with Crippen LogP contribution in [0.2, 0.25) is 0 Å². The second-order valence-corrected chi connectivity index (χ2v) is 5.54. The first-order valence-electron chi connectivity index (χ1n) is 5.52. The fraction of sp³-hybridized carbons (Fsp3) is 0.0833. The number of nitrogens with zero attached hydrogens (tertiary/aromatic N) is 1. The fourth-order valence-electron chi connectivity index (χ4n) is 1.62. The van der Waals surface area contributed by atoms with E-state index in [0.717, 1.165) is 11.3 Å². The van der Waals surface area contributed by atoms with E-state index in [-0.39, 0.29) is 10.6 Å². The van der Waals surface area contributed by atoms with E-state index in [1.54, 1.807) is 24.5 Å². The van der Waals surface area contributed by atoms with Crippen LogP contribution in [-0.2, 0) is 16.6 Å². The zero-order valence-corrected chi connectivity index (χ0v) is 10.9. The molecular formula is C12H14N4O2S. The SMILES string of the molecule is Nc1cc(NCc2ccncc2)ccc1S(N)(=O)=O. The molecule has 0 aliphatic carbocycles. The minimum atomic E-state index is -3.78. The van der Waals surface area contributed by atoms with E-state index >= 15 is 0 Å². The van der Waals surface area contributed by atoms with Crippen molar-refractivity contribution in [3.05, 3.63) is 48.3 Å². The summed E-state index contributed by atoms with van der Waals surface area (Å²) in [6.45, 7) is 0.594. The summed E-state index contributed by atoms with van der Waals surface area (Å²) in [6.07, 6.45) is 3.41. The van der Waals surface area contributed by atoms with Crippen LogP contribution in [0.25, 0.3) is 0 Å². The van der Waals surface area contributed by atoms with Gasteiger partial charge in [0, 0.05) is 24.6 Å². The zero-order valence-electron chi connectivity index (χ0n) is 10.1. The molecule has 19 heavy (non-hydrogen) atoms. The molecule has 2 aromatic rings. The molecular weight excluding hydrogens is 264 g/mol. The quantitative estimate of drug-likeness (QED) is 0.720. The normalized spacial score (nSPS) is 11.2. The minimum absolute atomic E-state index is 0.0676. The summed E-state index contributed by atoms with van der Waals surface area (Å²) in [7, 11) is -3.78. The predicted molar refractivity (Wildman–Crippen MR) is 73.8 cm³/mol. The summed E-state index contributed by atoms with van der Waals surface area (Å²) in [4.78, 5) is 3.86. The molecule has 0 atom stereocenters. The van der Waals surface area contributed by atoms with Crippen LogP contribution in [0.3, 0.4) is 0 Å². The number of pyridine rings is 1. The Balaban J connectivity index is 2.13. The van der Waals surface area contributed by atoms with Gasteiger partial charge in [-0.05, 0) is 35.9 Å². The van der Waals surface area contributed by atoms with Gasteiger partial charge in [-0.2, -0.15) is 0 Å². The summed E-state index contributed by atoms with van der Waals surface area (Å²) in [5.74, 6) is 0. The summed E-state index contributed by atoms with van der Waals surface area (Å²) in [5, 5.41) is 8.17. The van der Waals surface area contributed by atoms with Gasteiger partial charge < -0.3 is 11.1 Å². The first-order chi connectivity index (χ1) is 8.97. The summed E-state index contributed by atoms with van der Waals surface area (Å²) in [6, 6.07) is 8.32. The van der Waals surface area contributed by atoms with Gasteiger partial charge >= 0.3 is 0 Å². The molecule has 1 aromatic heterocycles. The Hall–Kier alpha value is -2.12.